The zero-order valence-corrected chi connectivity index (χ0v) is 12.4. The van der Waals surface area contributed by atoms with Crippen LogP contribution in [-0.4, -0.2) is 19.2 Å². The molecule has 114 valence electrons. The van der Waals surface area contributed by atoms with E-state index in [2.05, 4.69) is 16.0 Å². The molecule has 0 aromatic heterocycles. The molecule has 2 aromatic rings. The zero-order valence-electron chi connectivity index (χ0n) is 12.4. The Balaban J connectivity index is 1.62. The van der Waals surface area contributed by atoms with Crippen LogP contribution in [0.15, 0.2) is 48.5 Å². The highest BCUT2D eigenvalue weighted by molar-refractivity contribution is 5.89. The van der Waals surface area contributed by atoms with Crippen LogP contribution in [0, 0.1) is 0 Å². The predicted molar refractivity (Wildman–Crippen MR) is 87.9 cm³/mol. The predicted octanol–water partition coefficient (Wildman–Crippen LogP) is 3.72. The molecular weight excluding hydrogens is 278 g/mol. The Bertz CT molecular complexity index is 651. The number of hydrogen-bond donors (Lipinski definition) is 3. The Labute approximate surface area is 129 Å². The molecule has 0 radical (unpaired) electrons. The number of urea groups is 1. The lowest BCUT2D eigenvalue weighted by molar-refractivity contribution is 0.251. The van der Waals surface area contributed by atoms with Crippen LogP contribution in [0.3, 0.4) is 0 Å². The Morgan fingerprint density at radius 1 is 1.05 bits per heavy atom. The van der Waals surface area contributed by atoms with Gasteiger partial charge in [0.15, 0.2) is 0 Å². The molecule has 0 bridgehead atoms. The molecule has 5 heteroatoms. The van der Waals surface area contributed by atoms with Crippen LogP contribution in [0.1, 0.15) is 12.8 Å². The van der Waals surface area contributed by atoms with Crippen molar-refractivity contribution in [3.05, 3.63) is 48.5 Å². The van der Waals surface area contributed by atoms with Crippen LogP contribution >= 0.6 is 0 Å². The van der Waals surface area contributed by atoms with Gasteiger partial charge >= 0.3 is 6.03 Å². The van der Waals surface area contributed by atoms with Crippen LogP contribution in [0.4, 0.5) is 21.9 Å². The van der Waals surface area contributed by atoms with Gasteiger partial charge in [-0.1, -0.05) is 12.1 Å². The number of carbonyl (C=O) groups is 1. The van der Waals surface area contributed by atoms with Crippen molar-refractivity contribution in [2.45, 2.75) is 18.9 Å². The van der Waals surface area contributed by atoms with Gasteiger partial charge < -0.3 is 20.7 Å². The maximum Gasteiger partial charge on any atom is 0.319 e. The quantitative estimate of drug-likeness (QED) is 0.788. The zero-order chi connectivity index (χ0) is 15.4. The van der Waals surface area contributed by atoms with E-state index in [1.807, 2.05) is 48.5 Å². The highest BCUT2D eigenvalue weighted by Crippen LogP contribution is 2.27. The number of hydrogen-bond acceptors (Lipinski definition) is 3. The summed E-state index contributed by atoms with van der Waals surface area (Å²) in [5.41, 5.74) is 2.60. The van der Waals surface area contributed by atoms with Crippen LogP contribution < -0.4 is 20.7 Å². The van der Waals surface area contributed by atoms with Gasteiger partial charge in [-0.15, -0.1) is 0 Å². The molecule has 0 heterocycles. The summed E-state index contributed by atoms with van der Waals surface area (Å²) in [5.74, 6) is 0.786. The number of amides is 2. The molecule has 3 rings (SSSR count). The van der Waals surface area contributed by atoms with E-state index < -0.39 is 0 Å². The van der Waals surface area contributed by atoms with Crippen LogP contribution in [0.25, 0.3) is 0 Å². The van der Waals surface area contributed by atoms with Crippen molar-refractivity contribution in [3.8, 4) is 5.75 Å². The van der Waals surface area contributed by atoms with E-state index in [0.29, 0.717) is 6.04 Å². The minimum absolute atomic E-state index is 0.145. The average Bonchev–Trinajstić information content (AvgIpc) is 3.33. The van der Waals surface area contributed by atoms with Crippen molar-refractivity contribution in [1.82, 2.24) is 5.32 Å². The Kier molecular flexibility index (Phi) is 4.14. The number of rotatable bonds is 5. The maximum atomic E-state index is 11.7. The lowest BCUT2D eigenvalue weighted by Crippen LogP contribution is -2.30. The van der Waals surface area contributed by atoms with E-state index in [1.54, 1.807) is 7.11 Å². The molecule has 1 fully saturated rings. The molecule has 0 atom stereocenters. The monoisotopic (exact) mass is 297 g/mol. The Morgan fingerprint density at radius 2 is 1.73 bits per heavy atom. The fraction of sp³-hybridized carbons (Fsp3) is 0.235. The molecule has 3 N–H and O–H groups in total. The van der Waals surface area contributed by atoms with E-state index in [0.717, 1.165) is 35.7 Å². The van der Waals surface area contributed by atoms with Gasteiger partial charge in [-0.25, -0.2) is 4.79 Å². The van der Waals surface area contributed by atoms with E-state index in [1.165, 1.54) is 0 Å². The lowest BCUT2D eigenvalue weighted by Gasteiger charge is -2.12. The van der Waals surface area contributed by atoms with Gasteiger partial charge in [-0.3, -0.25) is 0 Å². The van der Waals surface area contributed by atoms with Gasteiger partial charge in [0, 0.05) is 17.4 Å². The van der Waals surface area contributed by atoms with Gasteiger partial charge in [0.2, 0.25) is 0 Å². The minimum atomic E-state index is -0.145. The molecule has 0 unspecified atom stereocenters. The van der Waals surface area contributed by atoms with Gasteiger partial charge in [0.25, 0.3) is 0 Å². The van der Waals surface area contributed by atoms with Crippen molar-refractivity contribution < 1.29 is 9.53 Å². The number of carbonyl (C=O) groups excluding carboxylic acids is 1. The number of para-hydroxylation sites is 2. The third-order valence-electron chi connectivity index (χ3n) is 3.44. The van der Waals surface area contributed by atoms with Crippen molar-refractivity contribution >= 4 is 23.1 Å². The fourth-order valence-electron chi connectivity index (χ4n) is 2.12. The van der Waals surface area contributed by atoms with Crippen LogP contribution in [-0.2, 0) is 0 Å². The molecule has 2 amide bonds. The molecule has 2 aromatic carbocycles. The Hall–Kier alpha value is -2.69. The number of benzene rings is 2. The summed E-state index contributed by atoms with van der Waals surface area (Å²) in [6, 6.07) is 15.5. The smallest absolute Gasteiger partial charge is 0.319 e. The highest BCUT2D eigenvalue weighted by atomic mass is 16.5. The molecule has 1 aliphatic rings. The van der Waals surface area contributed by atoms with Crippen molar-refractivity contribution in [2.75, 3.05) is 17.7 Å². The standard InChI is InChI=1S/C17H19N3O2/c1-22-16-5-3-2-4-15(16)18-12-6-8-13(9-7-12)19-17(21)20-14-10-11-14/h2-9,14,18H,10-11H2,1H3,(H2,19,20,21). The topological polar surface area (TPSA) is 62.4 Å². The number of ether oxygens (including phenoxy) is 1. The van der Waals surface area contributed by atoms with Crippen LogP contribution in [0.5, 0.6) is 5.75 Å². The highest BCUT2D eigenvalue weighted by Gasteiger charge is 2.23. The largest absolute Gasteiger partial charge is 0.495 e. The number of nitrogens with one attached hydrogen (secondary N) is 3. The molecule has 1 saturated carbocycles. The molecule has 0 saturated heterocycles. The number of methoxy groups -OCH3 is 1. The second-order valence-electron chi connectivity index (χ2n) is 5.28. The van der Waals surface area contributed by atoms with E-state index in [9.17, 15) is 4.79 Å². The summed E-state index contributed by atoms with van der Waals surface area (Å²) in [6.07, 6.45) is 2.16. The first kappa shape index (κ1) is 14.3. The second-order valence-corrected chi connectivity index (χ2v) is 5.28. The van der Waals surface area contributed by atoms with Crippen molar-refractivity contribution in [1.29, 1.82) is 0 Å². The normalized spacial score (nSPS) is 13.3. The summed E-state index contributed by atoms with van der Waals surface area (Å²) < 4.78 is 5.31. The van der Waals surface area contributed by atoms with E-state index >= 15 is 0 Å². The first-order valence-electron chi connectivity index (χ1n) is 7.32. The minimum Gasteiger partial charge on any atom is -0.495 e. The van der Waals surface area contributed by atoms with Gasteiger partial charge in [-0.05, 0) is 49.2 Å². The first-order valence-corrected chi connectivity index (χ1v) is 7.32. The lowest BCUT2D eigenvalue weighted by atomic mass is 10.2. The number of anilines is 3. The summed E-state index contributed by atoms with van der Waals surface area (Å²) in [4.78, 5) is 11.7. The summed E-state index contributed by atoms with van der Waals surface area (Å²) in [5, 5.41) is 9.01. The van der Waals surface area contributed by atoms with Gasteiger partial charge in [0.05, 0.1) is 12.8 Å². The molecule has 0 aliphatic heterocycles. The summed E-state index contributed by atoms with van der Waals surface area (Å²) >= 11 is 0. The molecule has 5 nitrogen and oxygen atoms in total. The molecule has 22 heavy (non-hydrogen) atoms. The third kappa shape index (κ3) is 3.69. The summed E-state index contributed by atoms with van der Waals surface area (Å²) in [6.45, 7) is 0. The third-order valence-corrected chi connectivity index (χ3v) is 3.44. The van der Waals surface area contributed by atoms with E-state index in [4.69, 9.17) is 4.74 Å². The average molecular weight is 297 g/mol. The second kappa shape index (κ2) is 6.39. The van der Waals surface area contributed by atoms with Crippen LogP contribution in [0.2, 0.25) is 0 Å². The molecular formula is C17H19N3O2. The van der Waals surface area contributed by atoms with E-state index in [-0.39, 0.29) is 6.03 Å². The molecule has 1 aliphatic carbocycles. The first-order chi connectivity index (χ1) is 10.7. The molecule has 0 spiro atoms. The van der Waals surface area contributed by atoms with Gasteiger partial charge in [0.1, 0.15) is 5.75 Å². The summed E-state index contributed by atoms with van der Waals surface area (Å²) in [7, 11) is 1.64. The SMILES string of the molecule is COc1ccccc1Nc1ccc(NC(=O)NC2CC2)cc1. The Morgan fingerprint density at radius 3 is 2.41 bits per heavy atom. The van der Waals surface area contributed by atoms with Gasteiger partial charge in [-0.2, -0.15) is 0 Å². The van der Waals surface area contributed by atoms with Crippen molar-refractivity contribution in [2.24, 2.45) is 0 Å². The fourth-order valence-corrected chi connectivity index (χ4v) is 2.12. The maximum absolute atomic E-state index is 11.7. The van der Waals surface area contributed by atoms with Crippen molar-refractivity contribution in [3.63, 3.8) is 0 Å².